The van der Waals surface area contributed by atoms with E-state index in [2.05, 4.69) is 26.1 Å². The number of piperazine rings is 1. The molecule has 27 heavy (non-hydrogen) atoms. The third-order valence-electron chi connectivity index (χ3n) is 4.44. The first-order valence-electron chi connectivity index (χ1n) is 9.15. The third-order valence-corrected chi connectivity index (χ3v) is 4.44. The van der Waals surface area contributed by atoms with Crippen LogP contribution >= 0.6 is 0 Å². The maximum Gasteiger partial charge on any atom is 0.128 e. The Balaban J connectivity index is 1.34. The van der Waals surface area contributed by atoms with Crippen LogP contribution in [0.3, 0.4) is 0 Å². The number of anilines is 1. The summed E-state index contributed by atoms with van der Waals surface area (Å²) in [5.41, 5.74) is 1.02. The van der Waals surface area contributed by atoms with Crippen LogP contribution in [0.2, 0.25) is 0 Å². The summed E-state index contributed by atoms with van der Waals surface area (Å²) >= 11 is 0. The van der Waals surface area contributed by atoms with Gasteiger partial charge in [-0.1, -0.05) is 36.4 Å². The summed E-state index contributed by atoms with van der Waals surface area (Å²) in [6, 6.07) is 23.8. The molecule has 0 bridgehead atoms. The van der Waals surface area contributed by atoms with Crippen molar-refractivity contribution in [2.75, 3.05) is 31.1 Å². The Kier molecular flexibility index (Phi) is 5.29. The van der Waals surface area contributed by atoms with Crippen LogP contribution < -0.4 is 9.64 Å². The van der Waals surface area contributed by atoms with Crippen molar-refractivity contribution in [3.63, 3.8) is 0 Å². The first-order valence-corrected chi connectivity index (χ1v) is 9.15. The van der Waals surface area contributed by atoms with Gasteiger partial charge in [-0.05, 0) is 42.0 Å². The molecule has 2 heterocycles. The molecular weight excluding hydrogens is 336 g/mol. The summed E-state index contributed by atoms with van der Waals surface area (Å²) in [5.74, 6) is 2.68. The molecule has 5 nitrogen and oxygen atoms in total. The number of ether oxygens (including phenoxy) is 1. The summed E-state index contributed by atoms with van der Waals surface area (Å²) in [7, 11) is 0. The normalized spacial score (nSPS) is 14.5. The minimum absolute atomic E-state index is 0.810. The Labute approximate surface area is 159 Å². The van der Waals surface area contributed by atoms with Gasteiger partial charge in [0.25, 0.3) is 0 Å². The molecule has 0 spiro atoms. The van der Waals surface area contributed by atoms with Crippen LogP contribution in [0.15, 0.2) is 84.1 Å². The molecule has 5 heteroatoms. The van der Waals surface area contributed by atoms with E-state index in [1.807, 2.05) is 79.1 Å². The minimum Gasteiger partial charge on any atom is -0.457 e. The predicted molar refractivity (Wildman–Crippen MR) is 109 cm³/mol. The van der Waals surface area contributed by atoms with Crippen LogP contribution in [0.5, 0.6) is 11.5 Å². The number of hydrazone groups is 1. The SMILES string of the molecule is C(=N\N1CCN(c2ccccn2)CC1)/c1cccc(Oc2ccccc2)c1. The van der Waals surface area contributed by atoms with Gasteiger partial charge in [-0.2, -0.15) is 5.10 Å². The summed E-state index contributed by atoms with van der Waals surface area (Å²) in [4.78, 5) is 6.71. The van der Waals surface area contributed by atoms with E-state index in [0.717, 1.165) is 49.1 Å². The molecule has 1 aromatic heterocycles. The van der Waals surface area contributed by atoms with Gasteiger partial charge >= 0.3 is 0 Å². The number of para-hydroxylation sites is 1. The first-order chi connectivity index (χ1) is 13.4. The van der Waals surface area contributed by atoms with Crippen LogP contribution in [-0.4, -0.2) is 42.4 Å². The number of aromatic nitrogens is 1. The number of hydrogen-bond acceptors (Lipinski definition) is 5. The number of hydrogen-bond donors (Lipinski definition) is 0. The van der Waals surface area contributed by atoms with Crippen molar-refractivity contribution in [1.82, 2.24) is 9.99 Å². The van der Waals surface area contributed by atoms with Crippen molar-refractivity contribution in [2.45, 2.75) is 0 Å². The number of benzene rings is 2. The molecule has 0 unspecified atom stereocenters. The van der Waals surface area contributed by atoms with Crippen LogP contribution in [0.1, 0.15) is 5.56 Å². The lowest BCUT2D eigenvalue weighted by molar-refractivity contribution is 0.271. The second-order valence-electron chi connectivity index (χ2n) is 6.36. The van der Waals surface area contributed by atoms with Gasteiger partial charge in [0.1, 0.15) is 17.3 Å². The van der Waals surface area contributed by atoms with Crippen molar-refractivity contribution in [1.29, 1.82) is 0 Å². The van der Waals surface area contributed by atoms with Gasteiger partial charge in [0.15, 0.2) is 0 Å². The van der Waals surface area contributed by atoms with Crippen molar-refractivity contribution in [2.24, 2.45) is 5.10 Å². The Morgan fingerprint density at radius 2 is 1.59 bits per heavy atom. The molecule has 1 fully saturated rings. The smallest absolute Gasteiger partial charge is 0.128 e. The molecule has 2 aromatic carbocycles. The fourth-order valence-electron chi connectivity index (χ4n) is 3.01. The molecule has 0 saturated carbocycles. The molecular formula is C22H22N4O. The van der Waals surface area contributed by atoms with Crippen molar-refractivity contribution in [3.05, 3.63) is 84.6 Å². The largest absolute Gasteiger partial charge is 0.457 e. The maximum atomic E-state index is 5.88. The molecule has 0 amide bonds. The van der Waals surface area contributed by atoms with Gasteiger partial charge in [0.2, 0.25) is 0 Å². The molecule has 136 valence electrons. The van der Waals surface area contributed by atoms with Crippen LogP contribution in [0.4, 0.5) is 5.82 Å². The Bertz CT molecular complexity index is 875. The van der Waals surface area contributed by atoms with E-state index in [4.69, 9.17) is 4.74 Å². The maximum absolute atomic E-state index is 5.88. The third kappa shape index (κ3) is 4.64. The van der Waals surface area contributed by atoms with E-state index in [1.54, 1.807) is 0 Å². The van der Waals surface area contributed by atoms with Crippen LogP contribution in [0, 0.1) is 0 Å². The van der Waals surface area contributed by atoms with Crippen molar-refractivity contribution < 1.29 is 4.74 Å². The number of pyridine rings is 1. The molecule has 1 aliphatic rings. The van der Waals surface area contributed by atoms with Gasteiger partial charge in [-0.3, -0.25) is 5.01 Å². The Morgan fingerprint density at radius 1 is 0.815 bits per heavy atom. The zero-order chi connectivity index (χ0) is 18.3. The zero-order valence-electron chi connectivity index (χ0n) is 15.1. The fourth-order valence-corrected chi connectivity index (χ4v) is 3.01. The summed E-state index contributed by atoms with van der Waals surface area (Å²) in [6.07, 6.45) is 3.73. The average Bonchev–Trinajstić information content (AvgIpc) is 2.74. The van der Waals surface area contributed by atoms with Gasteiger partial charge < -0.3 is 9.64 Å². The highest BCUT2D eigenvalue weighted by molar-refractivity contribution is 5.80. The van der Waals surface area contributed by atoms with Crippen LogP contribution in [-0.2, 0) is 0 Å². The highest BCUT2D eigenvalue weighted by Crippen LogP contribution is 2.21. The van der Waals surface area contributed by atoms with Gasteiger partial charge in [-0.25, -0.2) is 4.98 Å². The monoisotopic (exact) mass is 358 g/mol. The summed E-state index contributed by atoms with van der Waals surface area (Å²) in [5, 5.41) is 6.74. The summed E-state index contributed by atoms with van der Waals surface area (Å²) < 4.78 is 5.88. The quantitative estimate of drug-likeness (QED) is 0.646. The lowest BCUT2D eigenvalue weighted by atomic mass is 10.2. The van der Waals surface area contributed by atoms with Gasteiger partial charge in [-0.15, -0.1) is 0 Å². The molecule has 0 atom stereocenters. The van der Waals surface area contributed by atoms with E-state index >= 15 is 0 Å². The molecule has 1 saturated heterocycles. The molecule has 4 rings (SSSR count). The highest BCUT2D eigenvalue weighted by atomic mass is 16.5. The first kappa shape index (κ1) is 17.1. The molecule has 0 radical (unpaired) electrons. The Hall–Kier alpha value is -3.34. The van der Waals surface area contributed by atoms with E-state index < -0.39 is 0 Å². The fraction of sp³-hybridized carbons (Fsp3) is 0.182. The Morgan fingerprint density at radius 3 is 2.37 bits per heavy atom. The molecule has 0 aliphatic carbocycles. The lowest BCUT2D eigenvalue weighted by Gasteiger charge is -2.33. The van der Waals surface area contributed by atoms with E-state index in [9.17, 15) is 0 Å². The number of rotatable bonds is 5. The molecule has 1 aliphatic heterocycles. The van der Waals surface area contributed by atoms with Crippen molar-refractivity contribution in [3.8, 4) is 11.5 Å². The standard InChI is InChI=1S/C22H22N4O/c1-2-8-20(9-3-1)27-21-10-6-7-19(17-21)18-24-26-15-13-25(14-16-26)22-11-4-5-12-23-22/h1-12,17-18H,13-16H2/b24-18+. The van der Waals surface area contributed by atoms with Gasteiger partial charge in [0, 0.05) is 19.3 Å². The minimum atomic E-state index is 0.810. The van der Waals surface area contributed by atoms with E-state index in [-0.39, 0.29) is 0 Å². The van der Waals surface area contributed by atoms with Gasteiger partial charge in [0.05, 0.1) is 19.3 Å². The molecule has 3 aromatic rings. The van der Waals surface area contributed by atoms with E-state index in [0.29, 0.717) is 0 Å². The second-order valence-corrected chi connectivity index (χ2v) is 6.36. The van der Waals surface area contributed by atoms with Crippen molar-refractivity contribution >= 4 is 12.0 Å². The zero-order valence-corrected chi connectivity index (χ0v) is 15.1. The summed E-state index contributed by atoms with van der Waals surface area (Å²) in [6.45, 7) is 3.61. The number of nitrogens with zero attached hydrogens (tertiary/aromatic N) is 4. The second kappa shape index (κ2) is 8.36. The predicted octanol–water partition coefficient (Wildman–Crippen LogP) is 4.03. The topological polar surface area (TPSA) is 41.0 Å². The van der Waals surface area contributed by atoms with E-state index in [1.165, 1.54) is 0 Å². The highest BCUT2D eigenvalue weighted by Gasteiger charge is 2.16. The lowest BCUT2D eigenvalue weighted by Crippen LogP contribution is -2.44. The van der Waals surface area contributed by atoms with Crippen LogP contribution in [0.25, 0.3) is 0 Å². The average molecular weight is 358 g/mol. The molecule has 0 N–H and O–H groups in total.